The van der Waals surface area contributed by atoms with Gasteiger partial charge in [0.1, 0.15) is 12.5 Å². The van der Waals surface area contributed by atoms with Crippen LogP contribution in [0.4, 0.5) is 0 Å². The largest absolute Gasteiger partial charge is 0.481 e. The van der Waals surface area contributed by atoms with Crippen LogP contribution >= 0.6 is 0 Å². The van der Waals surface area contributed by atoms with E-state index < -0.39 is 24.0 Å². The number of carbonyl (C=O) groups is 2. The Morgan fingerprint density at radius 2 is 1.49 bits per heavy atom. The van der Waals surface area contributed by atoms with Crippen molar-refractivity contribution in [3.8, 4) is 0 Å². The minimum absolute atomic E-state index is 0.0855. The molecule has 4 aliphatic carbocycles. The Hall–Kier alpha value is -1.14. The molecule has 5 rings (SSSR count). The molecule has 39 heavy (non-hydrogen) atoms. The van der Waals surface area contributed by atoms with Gasteiger partial charge in [-0.2, -0.15) is 0 Å². The lowest BCUT2D eigenvalue weighted by atomic mass is 9.35. The molecule has 0 aromatic carbocycles. The lowest BCUT2D eigenvalue weighted by molar-refractivity contribution is -0.231. The maximum atomic E-state index is 12.3. The van der Waals surface area contributed by atoms with Gasteiger partial charge in [0.15, 0.2) is 0 Å². The standard InChI is InChI=1S/C33H54O6/c1-28(2)22-12-17-32(7)23(30(22,5)15-13-24(28)38-27(36)19-26(34)35)10-9-20-21(11-16-31(20,32)6)33(8)18-14-25(39-33)29(3,4)37/h20-25,37H,9-19H2,1-8H3,(H,34,35)/t20-,21+,22+,23-,24-,25-,30+,31-,32-,33+/m1/s1. The third kappa shape index (κ3) is 4.32. The number of aliphatic carboxylic acids is 1. The third-order valence-electron chi connectivity index (χ3n) is 13.8. The highest BCUT2D eigenvalue weighted by Gasteiger charge is 2.70. The Morgan fingerprint density at radius 3 is 2.10 bits per heavy atom. The van der Waals surface area contributed by atoms with Crippen LogP contribution in [0.1, 0.15) is 126 Å². The van der Waals surface area contributed by atoms with Gasteiger partial charge in [0.05, 0.1) is 17.3 Å². The van der Waals surface area contributed by atoms with Gasteiger partial charge < -0.3 is 19.7 Å². The monoisotopic (exact) mass is 546 g/mol. The van der Waals surface area contributed by atoms with Crippen molar-refractivity contribution in [2.45, 2.75) is 149 Å². The minimum atomic E-state index is -1.13. The van der Waals surface area contributed by atoms with Gasteiger partial charge >= 0.3 is 11.9 Å². The number of carbonyl (C=O) groups excluding carboxylic acids is 1. The molecule has 5 fully saturated rings. The Kier molecular flexibility index (Phi) is 6.91. The average Bonchev–Trinajstić information content (AvgIpc) is 3.37. The zero-order valence-corrected chi connectivity index (χ0v) is 25.8. The Labute approximate surface area is 236 Å². The molecule has 5 aliphatic rings. The van der Waals surface area contributed by atoms with Gasteiger partial charge in [-0.15, -0.1) is 0 Å². The summed E-state index contributed by atoms with van der Waals surface area (Å²) < 4.78 is 12.6. The summed E-state index contributed by atoms with van der Waals surface area (Å²) in [6.07, 6.45) is 10.2. The SMILES string of the molecule is CC(C)(O)[C@H]1CC[C@@](C)([C@H]2CC[C@]3(C)[C@@H]2CC[C@@H]2[C@@]4(C)CC[C@@H](OC(=O)CC(=O)O)C(C)(C)[C@@H]4CC[C@]23C)O1. The topological polar surface area (TPSA) is 93.1 Å². The highest BCUT2D eigenvalue weighted by Crippen LogP contribution is 2.76. The lowest BCUT2D eigenvalue weighted by Crippen LogP contribution is -2.64. The van der Waals surface area contributed by atoms with Crippen molar-refractivity contribution in [1.82, 2.24) is 0 Å². The highest BCUT2D eigenvalue weighted by atomic mass is 16.5. The molecular weight excluding hydrogens is 492 g/mol. The molecular formula is C33H54O6. The predicted octanol–water partition coefficient (Wildman–Crippen LogP) is 6.77. The van der Waals surface area contributed by atoms with Crippen LogP contribution in [0.15, 0.2) is 0 Å². The molecule has 1 aliphatic heterocycles. The van der Waals surface area contributed by atoms with Crippen LogP contribution in [0.5, 0.6) is 0 Å². The van der Waals surface area contributed by atoms with Crippen molar-refractivity contribution in [1.29, 1.82) is 0 Å². The maximum Gasteiger partial charge on any atom is 0.317 e. The fourth-order valence-electron chi connectivity index (χ4n) is 11.6. The number of hydrogen-bond donors (Lipinski definition) is 2. The molecule has 0 unspecified atom stereocenters. The van der Waals surface area contributed by atoms with E-state index in [1.807, 2.05) is 13.8 Å². The van der Waals surface area contributed by atoms with E-state index in [9.17, 15) is 14.7 Å². The molecule has 0 spiro atoms. The van der Waals surface area contributed by atoms with E-state index in [2.05, 4.69) is 41.5 Å². The smallest absolute Gasteiger partial charge is 0.317 e. The maximum absolute atomic E-state index is 12.3. The molecule has 0 radical (unpaired) electrons. The van der Waals surface area contributed by atoms with Crippen molar-refractivity contribution in [3.63, 3.8) is 0 Å². The molecule has 222 valence electrons. The van der Waals surface area contributed by atoms with Gasteiger partial charge in [0.25, 0.3) is 0 Å². The normalized spacial score (nSPS) is 49.1. The second-order valence-corrected chi connectivity index (χ2v) is 16.3. The second kappa shape index (κ2) is 9.18. The van der Waals surface area contributed by atoms with Gasteiger partial charge in [-0.05, 0) is 125 Å². The van der Waals surface area contributed by atoms with Crippen LogP contribution in [-0.2, 0) is 19.1 Å². The summed E-state index contributed by atoms with van der Waals surface area (Å²) in [5, 5.41) is 19.7. The van der Waals surface area contributed by atoms with Crippen molar-refractivity contribution in [3.05, 3.63) is 0 Å². The van der Waals surface area contributed by atoms with E-state index in [0.29, 0.717) is 23.7 Å². The molecule has 0 aromatic rings. The molecule has 0 amide bonds. The molecule has 4 saturated carbocycles. The van der Waals surface area contributed by atoms with Gasteiger partial charge in [-0.3, -0.25) is 9.59 Å². The average molecular weight is 547 g/mol. The zero-order chi connectivity index (χ0) is 28.8. The van der Waals surface area contributed by atoms with Crippen LogP contribution in [-0.4, -0.2) is 45.6 Å². The van der Waals surface area contributed by atoms with Crippen LogP contribution in [0.25, 0.3) is 0 Å². The first-order chi connectivity index (χ1) is 17.9. The summed E-state index contributed by atoms with van der Waals surface area (Å²) in [5.41, 5.74) is -0.443. The van der Waals surface area contributed by atoms with Crippen LogP contribution in [0.2, 0.25) is 0 Å². The number of aliphatic hydroxyl groups is 1. The summed E-state index contributed by atoms with van der Waals surface area (Å²) in [6.45, 7) is 18.4. The number of fused-ring (bicyclic) bond motifs is 5. The van der Waals surface area contributed by atoms with E-state index in [1.54, 1.807) is 0 Å². The van der Waals surface area contributed by atoms with Crippen LogP contribution < -0.4 is 0 Å². The summed E-state index contributed by atoms with van der Waals surface area (Å²) in [4.78, 5) is 23.4. The first kappa shape index (κ1) is 29.4. The summed E-state index contributed by atoms with van der Waals surface area (Å²) >= 11 is 0. The van der Waals surface area contributed by atoms with E-state index in [1.165, 1.54) is 32.1 Å². The summed E-state index contributed by atoms with van der Waals surface area (Å²) in [5.74, 6) is 0.522. The van der Waals surface area contributed by atoms with Gasteiger partial charge in [0, 0.05) is 5.41 Å². The second-order valence-electron chi connectivity index (χ2n) is 16.3. The molecule has 1 heterocycles. The molecule has 10 atom stereocenters. The lowest BCUT2D eigenvalue weighted by Gasteiger charge is -2.70. The third-order valence-corrected chi connectivity index (χ3v) is 13.8. The fraction of sp³-hybridized carbons (Fsp3) is 0.939. The van der Waals surface area contributed by atoms with Crippen LogP contribution in [0, 0.1) is 45.3 Å². The number of esters is 1. The first-order valence-electron chi connectivity index (χ1n) is 15.7. The van der Waals surface area contributed by atoms with Crippen molar-refractivity contribution in [2.24, 2.45) is 45.3 Å². The number of carboxylic acid groups (broad SMARTS) is 1. The molecule has 6 nitrogen and oxygen atoms in total. The number of carboxylic acids is 1. The van der Waals surface area contributed by atoms with Crippen molar-refractivity contribution < 1.29 is 29.3 Å². The predicted molar refractivity (Wildman–Crippen MR) is 150 cm³/mol. The van der Waals surface area contributed by atoms with Crippen molar-refractivity contribution in [2.75, 3.05) is 0 Å². The molecule has 0 bridgehead atoms. The zero-order valence-electron chi connectivity index (χ0n) is 25.8. The van der Waals surface area contributed by atoms with E-state index in [-0.39, 0.29) is 39.5 Å². The molecule has 6 heteroatoms. The number of hydrogen-bond acceptors (Lipinski definition) is 5. The van der Waals surface area contributed by atoms with E-state index in [0.717, 1.165) is 32.1 Å². The number of ether oxygens (including phenoxy) is 2. The van der Waals surface area contributed by atoms with Crippen LogP contribution in [0.3, 0.4) is 0 Å². The highest BCUT2D eigenvalue weighted by molar-refractivity contribution is 5.90. The molecule has 0 aromatic heterocycles. The van der Waals surface area contributed by atoms with E-state index in [4.69, 9.17) is 14.6 Å². The summed E-state index contributed by atoms with van der Waals surface area (Å²) in [7, 11) is 0. The first-order valence-corrected chi connectivity index (χ1v) is 15.7. The fourth-order valence-corrected chi connectivity index (χ4v) is 11.6. The van der Waals surface area contributed by atoms with Gasteiger partial charge in [-0.25, -0.2) is 0 Å². The van der Waals surface area contributed by atoms with Gasteiger partial charge in [0.2, 0.25) is 0 Å². The Morgan fingerprint density at radius 1 is 0.821 bits per heavy atom. The number of rotatable bonds is 5. The summed E-state index contributed by atoms with van der Waals surface area (Å²) in [6, 6.07) is 0. The van der Waals surface area contributed by atoms with E-state index >= 15 is 0 Å². The molecule has 1 saturated heterocycles. The Bertz CT molecular complexity index is 999. The van der Waals surface area contributed by atoms with Gasteiger partial charge in [-0.1, -0.05) is 34.6 Å². The quantitative estimate of drug-likeness (QED) is 0.292. The Balaban J connectivity index is 1.38. The molecule has 2 N–H and O–H groups in total. The minimum Gasteiger partial charge on any atom is -0.481 e. The van der Waals surface area contributed by atoms with Crippen molar-refractivity contribution >= 4 is 11.9 Å².